The van der Waals surface area contributed by atoms with E-state index < -0.39 is 0 Å². The van der Waals surface area contributed by atoms with E-state index in [2.05, 4.69) is 15.6 Å². The summed E-state index contributed by atoms with van der Waals surface area (Å²) in [7, 11) is 0. The molecule has 0 aliphatic rings. The van der Waals surface area contributed by atoms with Crippen LogP contribution < -0.4 is 10.6 Å². The number of nitrogens with one attached hydrogen (secondary N) is 2. The van der Waals surface area contributed by atoms with Crippen LogP contribution in [-0.4, -0.2) is 16.8 Å². The molecule has 0 spiro atoms. The van der Waals surface area contributed by atoms with Gasteiger partial charge in [0.1, 0.15) is 6.42 Å². The maximum atomic E-state index is 11.9. The molecule has 0 aliphatic heterocycles. The van der Waals surface area contributed by atoms with E-state index in [1.54, 1.807) is 12.4 Å². The Balaban J connectivity index is 1.84. The molecule has 0 atom stereocenters. The highest BCUT2D eigenvalue weighted by atomic mass is 16.2. The molecule has 0 saturated carbocycles. The number of amides is 2. The summed E-state index contributed by atoms with van der Waals surface area (Å²) in [6.07, 6.45) is 3.13. The largest absolute Gasteiger partial charge is 0.352 e. The number of pyridine rings is 1. The minimum absolute atomic E-state index is 0.196. The van der Waals surface area contributed by atoms with Crippen molar-refractivity contribution in [3.63, 3.8) is 0 Å². The van der Waals surface area contributed by atoms with Crippen molar-refractivity contribution in [1.82, 2.24) is 10.3 Å². The molecule has 5 heteroatoms. The van der Waals surface area contributed by atoms with E-state index in [9.17, 15) is 9.59 Å². The minimum atomic E-state index is -0.319. The van der Waals surface area contributed by atoms with Gasteiger partial charge >= 0.3 is 0 Å². The third-order valence-electron chi connectivity index (χ3n) is 3.44. The first-order valence-corrected chi connectivity index (χ1v) is 7.08. The number of anilines is 1. The average molecular weight is 297 g/mol. The fourth-order valence-corrected chi connectivity index (χ4v) is 1.99. The number of rotatable bonds is 5. The predicted octanol–water partition coefficient (Wildman–Crippen LogP) is 2.34. The Morgan fingerprint density at radius 3 is 2.50 bits per heavy atom. The topological polar surface area (TPSA) is 71.1 Å². The maximum absolute atomic E-state index is 11.9. The number of hydrogen-bond donors (Lipinski definition) is 2. The number of hydrogen-bond acceptors (Lipinski definition) is 3. The normalized spacial score (nSPS) is 10.1. The van der Waals surface area contributed by atoms with Crippen LogP contribution >= 0.6 is 0 Å². The lowest BCUT2D eigenvalue weighted by atomic mass is 10.1. The Morgan fingerprint density at radius 1 is 1.05 bits per heavy atom. The monoisotopic (exact) mass is 297 g/mol. The zero-order chi connectivity index (χ0) is 15.9. The third-order valence-corrected chi connectivity index (χ3v) is 3.44. The summed E-state index contributed by atoms with van der Waals surface area (Å²) in [6, 6.07) is 9.32. The Bertz CT molecular complexity index is 669. The maximum Gasteiger partial charge on any atom is 0.233 e. The van der Waals surface area contributed by atoms with Gasteiger partial charge in [0, 0.05) is 24.6 Å². The van der Waals surface area contributed by atoms with Crippen molar-refractivity contribution in [2.75, 3.05) is 5.32 Å². The first-order valence-electron chi connectivity index (χ1n) is 7.08. The number of carbonyl (C=O) groups is 2. The van der Waals surface area contributed by atoms with Gasteiger partial charge < -0.3 is 10.6 Å². The van der Waals surface area contributed by atoms with Gasteiger partial charge in [-0.3, -0.25) is 14.6 Å². The molecule has 114 valence electrons. The molecule has 5 nitrogen and oxygen atoms in total. The van der Waals surface area contributed by atoms with E-state index in [1.807, 2.05) is 44.2 Å². The summed E-state index contributed by atoms with van der Waals surface area (Å²) >= 11 is 0. The quantitative estimate of drug-likeness (QED) is 0.832. The van der Waals surface area contributed by atoms with Crippen molar-refractivity contribution < 1.29 is 9.59 Å². The zero-order valence-corrected chi connectivity index (χ0v) is 12.7. The van der Waals surface area contributed by atoms with Crippen LogP contribution in [0.4, 0.5) is 5.69 Å². The molecule has 2 amide bonds. The number of carbonyl (C=O) groups excluding carboxylic acids is 2. The van der Waals surface area contributed by atoms with Crippen molar-refractivity contribution in [3.05, 3.63) is 59.4 Å². The van der Waals surface area contributed by atoms with Gasteiger partial charge in [0.05, 0.1) is 0 Å². The highest BCUT2D eigenvalue weighted by molar-refractivity contribution is 6.03. The van der Waals surface area contributed by atoms with Crippen molar-refractivity contribution >= 4 is 17.5 Å². The van der Waals surface area contributed by atoms with Crippen LogP contribution in [0.15, 0.2) is 42.7 Å². The zero-order valence-electron chi connectivity index (χ0n) is 12.7. The second kappa shape index (κ2) is 7.36. The Kier molecular flexibility index (Phi) is 5.25. The molecule has 0 aliphatic carbocycles. The number of nitrogens with zero attached hydrogens (tertiary/aromatic N) is 1. The fourth-order valence-electron chi connectivity index (χ4n) is 1.99. The summed E-state index contributed by atoms with van der Waals surface area (Å²) in [5.74, 6) is -0.624. The summed E-state index contributed by atoms with van der Waals surface area (Å²) in [4.78, 5) is 27.6. The summed E-state index contributed by atoms with van der Waals surface area (Å²) < 4.78 is 0. The molecule has 2 N–H and O–H groups in total. The van der Waals surface area contributed by atoms with Crippen molar-refractivity contribution in [2.45, 2.75) is 26.8 Å². The summed E-state index contributed by atoms with van der Waals surface area (Å²) in [5.41, 5.74) is 3.79. The van der Waals surface area contributed by atoms with Crippen LogP contribution in [0.2, 0.25) is 0 Å². The van der Waals surface area contributed by atoms with Gasteiger partial charge in [-0.2, -0.15) is 0 Å². The van der Waals surface area contributed by atoms with Crippen LogP contribution in [0.25, 0.3) is 0 Å². The Labute approximate surface area is 129 Å². The van der Waals surface area contributed by atoms with E-state index in [1.165, 1.54) is 0 Å². The van der Waals surface area contributed by atoms with E-state index in [0.29, 0.717) is 6.54 Å². The number of benzene rings is 1. The smallest absolute Gasteiger partial charge is 0.233 e. The molecule has 0 unspecified atom stereocenters. The van der Waals surface area contributed by atoms with Crippen molar-refractivity contribution in [1.29, 1.82) is 0 Å². The fraction of sp³-hybridized carbons (Fsp3) is 0.235. The molecule has 2 aromatic rings. The first-order chi connectivity index (χ1) is 10.6. The van der Waals surface area contributed by atoms with Gasteiger partial charge in [-0.25, -0.2) is 0 Å². The average Bonchev–Trinajstić information content (AvgIpc) is 2.51. The molecule has 1 aromatic carbocycles. The molecule has 0 fully saturated rings. The van der Waals surface area contributed by atoms with Gasteiger partial charge in [-0.1, -0.05) is 12.1 Å². The van der Waals surface area contributed by atoms with Gasteiger partial charge in [0.15, 0.2) is 0 Å². The molecule has 0 bridgehead atoms. The number of aryl methyl sites for hydroxylation is 1. The molecule has 0 saturated heterocycles. The number of aromatic nitrogens is 1. The van der Waals surface area contributed by atoms with Crippen LogP contribution in [0.5, 0.6) is 0 Å². The molecule has 22 heavy (non-hydrogen) atoms. The predicted molar refractivity (Wildman–Crippen MR) is 85.2 cm³/mol. The Hall–Kier alpha value is -2.69. The molecular formula is C17H19N3O2. The summed E-state index contributed by atoms with van der Waals surface area (Å²) in [5, 5.41) is 5.48. The van der Waals surface area contributed by atoms with Crippen molar-refractivity contribution in [2.24, 2.45) is 0 Å². The lowest BCUT2D eigenvalue weighted by Gasteiger charge is -2.10. The third kappa shape index (κ3) is 4.41. The van der Waals surface area contributed by atoms with E-state index >= 15 is 0 Å². The molecule has 2 rings (SSSR count). The van der Waals surface area contributed by atoms with Crippen LogP contribution in [-0.2, 0) is 16.1 Å². The van der Waals surface area contributed by atoms with Gasteiger partial charge in [-0.15, -0.1) is 0 Å². The second-order valence-electron chi connectivity index (χ2n) is 5.10. The van der Waals surface area contributed by atoms with E-state index in [4.69, 9.17) is 0 Å². The summed E-state index contributed by atoms with van der Waals surface area (Å²) in [6.45, 7) is 4.30. The van der Waals surface area contributed by atoms with Crippen LogP contribution in [0, 0.1) is 13.8 Å². The van der Waals surface area contributed by atoms with E-state index in [0.717, 1.165) is 22.4 Å². The SMILES string of the molecule is Cc1cccc(NC(=O)CC(=O)NCc2ccncc2)c1C. The van der Waals surface area contributed by atoms with Crippen LogP contribution in [0.3, 0.4) is 0 Å². The second-order valence-corrected chi connectivity index (χ2v) is 5.10. The van der Waals surface area contributed by atoms with Gasteiger partial charge in [-0.05, 0) is 48.7 Å². The van der Waals surface area contributed by atoms with E-state index in [-0.39, 0.29) is 18.2 Å². The lowest BCUT2D eigenvalue weighted by Crippen LogP contribution is -2.27. The Morgan fingerprint density at radius 2 is 1.77 bits per heavy atom. The molecule has 1 heterocycles. The van der Waals surface area contributed by atoms with Gasteiger partial charge in [0.25, 0.3) is 0 Å². The lowest BCUT2D eigenvalue weighted by molar-refractivity contribution is -0.126. The standard InChI is InChI=1S/C17H19N3O2/c1-12-4-3-5-15(13(12)2)20-17(22)10-16(21)19-11-14-6-8-18-9-7-14/h3-9H,10-11H2,1-2H3,(H,19,21)(H,20,22). The highest BCUT2D eigenvalue weighted by Crippen LogP contribution is 2.17. The molecular weight excluding hydrogens is 278 g/mol. The van der Waals surface area contributed by atoms with Gasteiger partial charge in [0.2, 0.25) is 11.8 Å². The minimum Gasteiger partial charge on any atom is -0.352 e. The van der Waals surface area contributed by atoms with Crippen LogP contribution in [0.1, 0.15) is 23.1 Å². The van der Waals surface area contributed by atoms with Crippen molar-refractivity contribution in [3.8, 4) is 0 Å². The molecule has 0 radical (unpaired) electrons. The molecule has 1 aromatic heterocycles. The first kappa shape index (κ1) is 15.7. The highest BCUT2D eigenvalue weighted by Gasteiger charge is 2.11.